The van der Waals surface area contributed by atoms with Crippen LogP contribution in [-0.2, 0) is 6.42 Å². The van der Waals surface area contributed by atoms with E-state index in [1.165, 1.54) is 5.56 Å². The van der Waals surface area contributed by atoms with Gasteiger partial charge in [-0.3, -0.25) is 4.79 Å². The quantitative estimate of drug-likeness (QED) is 0.759. The van der Waals surface area contributed by atoms with Gasteiger partial charge in [-0.2, -0.15) is 0 Å². The number of nitrogens with zero attached hydrogens (tertiary/aromatic N) is 1. The van der Waals surface area contributed by atoms with Gasteiger partial charge in [0, 0.05) is 22.7 Å². The van der Waals surface area contributed by atoms with Crippen LogP contribution in [0.3, 0.4) is 0 Å². The zero-order chi connectivity index (χ0) is 13.7. The number of carbonyl (C=O) groups excluding carboxylic acids is 1. The van der Waals surface area contributed by atoms with Crippen LogP contribution in [0.5, 0.6) is 0 Å². The highest BCUT2D eigenvalue weighted by Crippen LogP contribution is 2.09. The van der Waals surface area contributed by atoms with E-state index in [0.29, 0.717) is 0 Å². The van der Waals surface area contributed by atoms with E-state index in [9.17, 15) is 4.79 Å². The molecule has 0 unspecified atom stereocenters. The number of rotatable bonds is 4. The van der Waals surface area contributed by atoms with Gasteiger partial charge < -0.3 is 4.90 Å². The summed E-state index contributed by atoms with van der Waals surface area (Å²) in [5.41, 5.74) is 2.00. The summed E-state index contributed by atoms with van der Waals surface area (Å²) in [4.78, 5) is 14.0. The van der Waals surface area contributed by atoms with Gasteiger partial charge in [0.1, 0.15) is 0 Å². The van der Waals surface area contributed by atoms with Gasteiger partial charge >= 0.3 is 0 Å². The molecule has 2 rings (SSSR count). The van der Waals surface area contributed by atoms with Gasteiger partial charge in [-0.1, -0.05) is 30.3 Å². The van der Waals surface area contributed by atoms with Gasteiger partial charge in [-0.05, 0) is 58.8 Å². The third-order valence-electron chi connectivity index (χ3n) is 3.02. The fourth-order valence-corrected chi connectivity index (χ4v) is 2.22. The molecular weight excluding hydrogens is 349 g/mol. The molecule has 0 fully saturated rings. The summed E-state index contributed by atoms with van der Waals surface area (Å²) >= 11 is 2.24. The lowest BCUT2D eigenvalue weighted by Crippen LogP contribution is -2.28. The number of benzene rings is 2. The molecule has 2 aromatic rings. The van der Waals surface area contributed by atoms with Crippen LogP contribution >= 0.6 is 22.6 Å². The highest BCUT2D eigenvalue weighted by molar-refractivity contribution is 14.1. The SMILES string of the molecule is CN(CCc1ccccc1)C(=O)c1ccc(I)cc1. The van der Waals surface area contributed by atoms with Crippen molar-refractivity contribution < 1.29 is 4.79 Å². The zero-order valence-corrected chi connectivity index (χ0v) is 13.0. The summed E-state index contributed by atoms with van der Waals surface area (Å²) in [6.07, 6.45) is 0.882. The highest BCUT2D eigenvalue weighted by atomic mass is 127. The fourth-order valence-electron chi connectivity index (χ4n) is 1.86. The molecule has 0 radical (unpaired) electrons. The molecule has 1 amide bonds. The molecule has 0 aliphatic heterocycles. The molecule has 2 aromatic carbocycles. The first-order valence-electron chi connectivity index (χ1n) is 6.22. The monoisotopic (exact) mass is 365 g/mol. The second-order valence-electron chi connectivity index (χ2n) is 4.47. The Hall–Kier alpha value is -1.36. The van der Waals surface area contributed by atoms with E-state index >= 15 is 0 Å². The largest absolute Gasteiger partial charge is 0.341 e. The first-order chi connectivity index (χ1) is 9.16. The first kappa shape index (κ1) is 14.1. The van der Waals surface area contributed by atoms with Crippen molar-refractivity contribution in [2.45, 2.75) is 6.42 Å². The lowest BCUT2D eigenvalue weighted by atomic mass is 10.1. The van der Waals surface area contributed by atoms with Crippen LogP contribution in [0.25, 0.3) is 0 Å². The normalized spacial score (nSPS) is 10.2. The molecule has 0 saturated heterocycles. The maximum absolute atomic E-state index is 12.2. The summed E-state index contributed by atoms with van der Waals surface area (Å²) in [6, 6.07) is 17.9. The first-order valence-corrected chi connectivity index (χ1v) is 7.29. The molecule has 3 heteroatoms. The van der Waals surface area contributed by atoms with E-state index in [2.05, 4.69) is 34.7 Å². The molecule has 0 heterocycles. The Morgan fingerprint density at radius 3 is 2.32 bits per heavy atom. The van der Waals surface area contributed by atoms with Gasteiger partial charge in [0.15, 0.2) is 0 Å². The molecule has 2 nitrogen and oxygen atoms in total. The molecule has 0 atom stereocenters. The Bertz CT molecular complexity index is 536. The van der Waals surface area contributed by atoms with Crippen LogP contribution < -0.4 is 0 Å². The number of carbonyl (C=O) groups is 1. The lowest BCUT2D eigenvalue weighted by Gasteiger charge is -2.17. The van der Waals surface area contributed by atoms with Crippen molar-refractivity contribution in [1.82, 2.24) is 4.90 Å². The molecule has 0 bridgehead atoms. The molecule has 98 valence electrons. The molecule has 0 saturated carbocycles. The summed E-state index contributed by atoms with van der Waals surface area (Å²) in [6.45, 7) is 0.731. The maximum atomic E-state index is 12.2. The predicted molar refractivity (Wildman–Crippen MR) is 86.3 cm³/mol. The number of hydrogen-bond acceptors (Lipinski definition) is 1. The number of amides is 1. The molecular formula is C16H16INO. The van der Waals surface area contributed by atoms with E-state index < -0.39 is 0 Å². The second kappa shape index (κ2) is 6.70. The summed E-state index contributed by atoms with van der Waals surface area (Å²) in [5, 5.41) is 0. The Balaban J connectivity index is 1.94. The fraction of sp³-hybridized carbons (Fsp3) is 0.188. The van der Waals surface area contributed by atoms with E-state index in [0.717, 1.165) is 22.1 Å². The summed E-state index contributed by atoms with van der Waals surface area (Å²) in [7, 11) is 1.85. The third kappa shape index (κ3) is 4.06. The van der Waals surface area contributed by atoms with Crippen LogP contribution in [0.4, 0.5) is 0 Å². The van der Waals surface area contributed by atoms with Crippen molar-refractivity contribution >= 4 is 28.5 Å². The summed E-state index contributed by atoms with van der Waals surface area (Å²) < 4.78 is 1.14. The Kier molecular flexibility index (Phi) is 4.96. The van der Waals surface area contributed by atoms with Gasteiger partial charge in [0.05, 0.1) is 0 Å². The predicted octanol–water partition coefficient (Wildman–Crippen LogP) is 3.61. The van der Waals surface area contributed by atoms with Crippen molar-refractivity contribution in [1.29, 1.82) is 0 Å². The van der Waals surface area contributed by atoms with E-state index in [-0.39, 0.29) is 5.91 Å². The van der Waals surface area contributed by atoms with Crippen LogP contribution in [0.2, 0.25) is 0 Å². The van der Waals surface area contributed by atoms with Crippen molar-refractivity contribution in [3.05, 3.63) is 69.3 Å². The molecule has 0 spiro atoms. The Morgan fingerprint density at radius 1 is 1.05 bits per heavy atom. The smallest absolute Gasteiger partial charge is 0.253 e. The van der Waals surface area contributed by atoms with E-state index in [1.807, 2.05) is 49.5 Å². The Labute approximate surface area is 127 Å². The lowest BCUT2D eigenvalue weighted by molar-refractivity contribution is 0.0796. The van der Waals surface area contributed by atoms with Crippen LogP contribution in [-0.4, -0.2) is 24.4 Å². The number of halogens is 1. The van der Waals surface area contributed by atoms with Crippen molar-refractivity contribution in [3.63, 3.8) is 0 Å². The summed E-state index contributed by atoms with van der Waals surface area (Å²) in [5.74, 6) is 0.0762. The highest BCUT2D eigenvalue weighted by Gasteiger charge is 2.10. The molecule has 0 N–H and O–H groups in total. The molecule has 19 heavy (non-hydrogen) atoms. The maximum Gasteiger partial charge on any atom is 0.253 e. The standard InChI is InChI=1S/C16H16INO/c1-18(12-11-13-5-3-2-4-6-13)16(19)14-7-9-15(17)10-8-14/h2-10H,11-12H2,1H3. The zero-order valence-electron chi connectivity index (χ0n) is 10.8. The third-order valence-corrected chi connectivity index (χ3v) is 3.74. The number of likely N-dealkylation sites (N-methyl/N-ethyl adjacent to an activating group) is 1. The van der Waals surface area contributed by atoms with Gasteiger partial charge in [0.25, 0.3) is 5.91 Å². The van der Waals surface area contributed by atoms with E-state index in [1.54, 1.807) is 4.90 Å². The minimum absolute atomic E-state index is 0.0762. The minimum atomic E-state index is 0.0762. The topological polar surface area (TPSA) is 20.3 Å². The average molecular weight is 365 g/mol. The van der Waals surface area contributed by atoms with E-state index in [4.69, 9.17) is 0 Å². The van der Waals surface area contributed by atoms with Gasteiger partial charge in [0.2, 0.25) is 0 Å². The van der Waals surface area contributed by atoms with Crippen LogP contribution in [0, 0.1) is 3.57 Å². The minimum Gasteiger partial charge on any atom is -0.341 e. The number of hydrogen-bond donors (Lipinski definition) is 0. The average Bonchev–Trinajstić information content (AvgIpc) is 2.46. The van der Waals surface area contributed by atoms with Crippen molar-refractivity contribution in [3.8, 4) is 0 Å². The van der Waals surface area contributed by atoms with Crippen molar-refractivity contribution in [2.24, 2.45) is 0 Å². The van der Waals surface area contributed by atoms with Crippen LogP contribution in [0.15, 0.2) is 54.6 Å². The molecule has 0 aromatic heterocycles. The molecule has 0 aliphatic carbocycles. The molecule has 0 aliphatic rings. The van der Waals surface area contributed by atoms with Crippen molar-refractivity contribution in [2.75, 3.05) is 13.6 Å². The van der Waals surface area contributed by atoms with Gasteiger partial charge in [-0.25, -0.2) is 0 Å². The van der Waals surface area contributed by atoms with Crippen LogP contribution in [0.1, 0.15) is 15.9 Å². The van der Waals surface area contributed by atoms with Gasteiger partial charge in [-0.15, -0.1) is 0 Å². The Morgan fingerprint density at radius 2 is 1.68 bits per heavy atom. The second-order valence-corrected chi connectivity index (χ2v) is 5.71.